The van der Waals surface area contributed by atoms with Gasteiger partial charge in [-0.25, -0.2) is 15.0 Å². The molecule has 0 N–H and O–H groups in total. The van der Waals surface area contributed by atoms with Gasteiger partial charge in [-0.1, -0.05) is 0 Å². The van der Waals surface area contributed by atoms with Crippen molar-refractivity contribution in [2.24, 2.45) is 0 Å². The SMILES string of the molecule is Cc1ncc2cc3c(nc2n1)N1CCCC1C(=O)N3C(C)C. The molecule has 0 radical (unpaired) electrons. The molecule has 1 amide bonds. The normalized spacial score (nSPS) is 20.7. The fourth-order valence-electron chi connectivity index (χ4n) is 3.51. The summed E-state index contributed by atoms with van der Waals surface area (Å²) in [5, 5.41) is 0.875. The smallest absolute Gasteiger partial charge is 0.250 e. The van der Waals surface area contributed by atoms with Crippen LogP contribution in [0.4, 0.5) is 11.5 Å². The molecule has 0 aromatic carbocycles. The first kappa shape index (κ1) is 13.4. The van der Waals surface area contributed by atoms with Gasteiger partial charge in [-0.15, -0.1) is 0 Å². The summed E-state index contributed by atoms with van der Waals surface area (Å²) in [5.41, 5.74) is 1.59. The largest absolute Gasteiger partial charge is 0.343 e. The standard InChI is InChI=1S/C16H19N5O/c1-9(2)21-13-7-11-8-17-10(3)18-14(11)19-15(13)20-6-4-5-12(20)16(21)22/h7-9,12H,4-6H2,1-3H3. The number of amides is 1. The highest BCUT2D eigenvalue weighted by molar-refractivity contribution is 6.07. The van der Waals surface area contributed by atoms with E-state index in [0.29, 0.717) is 11.5 Å². The fraction of sp³-hybridized carbons (Fsp3) is 0.500. The molecule has 1 unspecified atom stereocenters. The molecule has 2 aromatic rings. The minimum Gasteiger partial charge on any atom is -0.343 e. The van der Waals surface area contributed by atoms with Crippen molar-refractivity contribution < 1.29 is 4.79 Å². The van der Waals surface area contributed by atoms with Gasteiger partial charge in [-0.2, -0.15) is 0 Å². The van der Waals surface area contributed by atoms with E-state index in [1.54, 1.807) is 6.20 Å². The number of aryl methyl sites for hydroxylation is 1. The maximum Gasteiger partial charge on any atom is 0.250 e. The molecule has 0 aliphatic carbocycles. The van der Waals surface area contributed by atoms with Crippen molar-refractivity contribution in [2.45, 2.75) is 45.7 Å². The monoisotopic (exact) mass is 297 g/mol. The number of carbonyl (C=O) groups is 1. The van der Waals surface area contributed by atoms with E-state index in [0.717, 1.165) is 36.3 Å². The summed E-state index contributed by atoms with van der Waals surface area (Å²) in [6.07, 6.45) is 3.72. The first-order valence-electron chi connectivity index (χ1n) is 7.80. The van der Waals surface area contributed by atoms with Crippen LogP contribution in [0.1, 0.15) is 32.5 Å². The third-order valence-electron chi connectivity index (χ3n) is 4.47. The third-order valence-corrected chi connectivity index (χ3v) is 4.47. The van der Waals surface area contributed by atoms with E-state index in [2.05, 4.69) is 14.9 Å². The lowest BCUT2D eigenvalue weighted by atomic mass is 10.1. The Labute approximate surface area is 129 Å². The molecule has 114 valence electrons. The highest BCUT2D eigenvalue weighted by Crippen LogP contribution is 2.40. The van der Waals surface area contributed by atoms with E-state index in [9.17, 15) is 4.79 Å². The second-order valence-electron chi connectivity index (χ2n) is 6.31. The third kappa shape index (κ3) is 1.79. The quantitative estimate of drug-likeness (QED) is 0.806. The van der Waals surface area contributed by atoms with Gasteiger partial charge in [0.05, 0.1) is 5.69 Å². The topological polar surface area (TPSA) is 62.2 Å². The van der Waals surface area contributed by atoms with Crippen molar-refractivity contribution in [3.8, 4) is 0 Å². The maximum absolute atomic E-state index is 12.8. The van der Waals surface area contributed by atoms with E-state index in [1.807, 2.05) is 31.7 Å². The molecule has 0 spiro atoms. The molecule has 1 saturated heterocycles. The number of fused-ring (bicyclic) bond motifs is 4. The number of hydrogen-bond donors (Lipinski definition) is 0. The molecule has 4 heterocycles. The maximum atomic E-state index is 12.8. The van der Waals surface area contributed by atoms with Crippen molar-refractivity contribution >= 4 is 28.4 Å². The summed E-state index contributed by atoms with van der Waals surface area (Å²) < 4.78 is 0. The Hall–Kier alpha value is -2.24. The molecule has 6 heteroatoms. The minimum atomic E-state index is -0.0669. The summed E-state index contributed by atoms with van der Waals surface area (Å²) in [4.78, 5) is 30.3. The summed E-state index contributed by atoms with van der Waals surface area (Å²) in [7, 11) is 0. The van der Waals surface area contributed by atoms with Gasteiger partial charge in [0.15, 0.2) is 11.5 Å². The van der Waals surface area contributed by atoms with Crippen molar-refractivity contribution in [3.63, 3.8) is 0 Å². The lowest BCUT2D eigenvalue weighted by Gasteiger charge is -2.40. The first-order valence-corrected chi connectivity index (χ1v) is 7.80. The highest BCUT2D eigenvalue weighted by Gasteiger charge is 2.42. The number of rotatable bonds is 1. The Morgan fingerprint density at radius 2 is 2.14 bits per heavy atom. The fourth-order valence-corrected chi connectivity index (χ4v) is 3.51. The molecule has 4 rings (SSSR count). The molecular formula is C16H19N5O. The highest BCUT2D eigenvalue weighted by atomic mass is 16.2. The van der Waals surface area contributed by atoms with Crippen LogP contribution in [0.25, 0.3) is 11.0 Å². The predicted octanol–water partition coefficient (Wildman–Crippen LogP) is 2.06. The molecule has 2 aliphatic rings. The molecule has 2 aliphatic heterocycles. The predicted molar refractivity (Wildman–Crippen MR) is 85.1 cm³/mol. The van der Waals surface area contributed by atoms with Gasteiger partial charge in [0, 0.05) is 24.2 Å². The van der Waals surface area contributed by atoms with Gasteiger partial charge < -0.3 is 9.80 Å². The number of aromatic nitrogens is 3. The van der Waals surface area contributed by atoms with Crippen LogP contribution in [0, 0.1) is 6.92 Å². The zero-order chi connectivity index (χ0) is 15.4. The van der Waals surface area contributed by atoms with Crippen molar-refractivity contribution in [3.05, 3.63) is 18.1 Å². The summed E-state index contributed by atoms with van der Waals surface area (Å²) >= 11 is 0. The number of nitrogens with zero attached hydrogens (tertiary/aromatic N) is 5. The summed E-state index contributed by atoms with van der Waals surface area (Å²) in [5.74, 6) is 1.79. The summed E-state index contributed by atoms with van der Waals surface area (Å²) in [6, 6.07) is 2.05. The molecule has 6 nitrogen and oxygen atoms in total. The van der Waals surface area contributed by atoms with Crippen LogP contribution in [0.5, 0.6) is 0 Å². The van der Waals surface area contributed by atoms with Gasteiger partial charge in [0.1, 0.15) is 11.9 Å². The average Bonchev–Trinajstić information content (AvgIpc) is 2.95. The molecule has 1 atom stereocenters. The van der Waals surface area contributed by atoms with E-state index in [4.69, 9.17) is 4.98 Å². The van der Waals surface area contributed by atoms with Gasteiger partial charge in [-0.05, 0) is 39.7 Å². The van der Waals surface area contributed by atoms with E-state index in [-0.39, 0.29) is 18.0 Å². The number of pyridine rings is 1. The van der Waals surface area contributed by atoms with Crippen LogP contribution in [-0.2, 0) is 4.79 Å². The molecule has 22 heavy (non-hydrogen) atoms. The van der Waals surface area contributed by atoms with Crippen LogP contribution in [0.15, 0.2) is 12.3 Å². The number of anilines is 2. The lowest BCUT2D eigenvalue weighted by Crippen LogP contribution is -2.53. The van der Waals surface area contributed by atoms with Crippen LogP contribution in [0.3, 0.4) is 0 Å². The van der Waals surface area contributed by atoms with Gasteiger partial charge in [-0.3, -0.25) is 4.79 Å². The van der Waals surface area contributed by atoms with Crippen LogP contribution in [0.2, 0.25) is 0 Å². The van der Waals surface area contributed by atoms with Crippen molar-refractivity contribution in [1.29, 1.82) is 0 Å². The Morgan fingerprint density at radius 1 is 1.32 bits per heavy atom. The van der Waals surface area contributed by atoms with Crippen LogP contribution in [-0.4, -0.2) is 39.5 Å². The van der Waals surface area contributed by atoms with Crippen molar-refractivity contribution in [2.75, 3.05) is 16.3 Å². The number of carbonyl (C=O) groups excluding carboxylic acids is 1. The molecule has 2 aromatic heterocycles. The second kappa shape index (κ2) is 4.63. The second-order valence-corrected chi connectivity index (χ2v) is 6.31. The van der Waals surface area contributed by atoms with E-state index >= 15 is 0 Å². The summed E-state index contributed by atoms with van der Waals surface area (Å²) in [6.45, 7) is 6.84. The Kier molecular flexibility index (Phi) is 2.82. The van der Waals surface area contributed by atoms with Gasteiger partial charge in [0.25, 0.3) is 0 Å². The Bertz CT molecular complexity index is 772. The zero-order valence-corrected chi connectivity index (χ0v) is 13.1. The Balaban J connectivity index is 1.98. The van der Waals surface area contributed by atoms with Gasteiger partial charge >= 0.3 is 0 Å². The first-order chi connectivity index (χ1) is 10.6. The van der Waals surface area contributed by atoms with Crippen LogP contribution >= 0.6 is 0 Å². The lowest BCUT2D eigenvalue weighted by molar-refractivity contribution is -0.120. The van der Waals surface area contributed by atoms with Crippen molar-refractivity contribution in [1.82, 2.24) is 15.0 Å². The average molecular weight is 297 g/mol. The number of hydrogen-bond acceptors (Lipinski definition) is 5. The van der Waals surface area contributed by atoms with E-state index < -0.39 is 0 Å². The molecular weight excluding hydrogens is 278 g/mol. The van der Waals surface area contributed by atoms with Crippen LogP contribution < -0.4 is 9.80 Å². The van der Waals surface area contributed by atoms with Gasteiger partial charge in [0.2, 0.25) is 5.91 Å². The van der Waals surface area contributed by atoms with E-state index in [1.165, 1.54) is 0 Å². The Morgan fingerprint density at radius 3 is 2.91 bits per heavy atom. The molecule has 0 saturated carbocycles. The molecule has 1 fully saturated rings. The molecule has 0 bridgehead atoms. The zero-order valence-electron chi connectivity index (χ0n) is 13.1. The minimum absolute atomic E-state index is 0.0669.